The molecule has 0 unspecified atom stereocenters. The third-order valence-electron chi connectivity index (χ3n) is 8.07. The minimum atomic E-state index is -0.564. The Balaban J connectivity index is 1.57. The van der Waals surface area contributed by atoms with Gasteiger partial charge in [-0.1, -0.05) is 58.0 Å². The molecule has 0 atom stereocenters. The summed E-state index contributed by atoms with van der Waals surface area (Å²) < 4.78 is 20.1. The van der Waals surface area contributed by atoms with Crippen LogP contribution in [0.4, 0.5) is 10.1 Å². The molecule has 1 amide bonds. The number of para-hydroxylation sites is 2. The predicted octanol–water partition coefficient (Wildman–Crippen LogP) is 6.55. The van der Waals surface area contributed by atoms with Crippen LogP contribution < -0.4 is 10.1 Å². The molecule has 7 heteroatoms. The molecule has 1 aliphatic heterocycles. The molecule has 3 aliphatic rings. The largest absolute Gasteiger partial charge is 0.483 e. The van der Waals surface area contributed by atoms with E-state index in [9.17, 15) is 18.8 Å². The summed E-state index contributed by atoms with van der Waals surface area (Å²) in [6.45, 7) is 10.8. The number of carbonyl (C=O) groups is 3. The number of Topliss-reactive ketones (excluding diaryl/α,β-unsaturated/α-hetero) is 2. The Morgan fingerprint density at radius 1 is 0.900 bits per heavy atom. The smallest absolute Gasteiger partial charge is 0.262 e. The molecule has 2 aromatic carbocycles. The molecule has 0 bridgehead atoms. The van der Waals surface area contributed by atoms with Gasteiger partial charge in [-0.15, -0.1) is 0 Å². The van der Waals surface area contributed by atoms with Crippen molar-refractivity contribution in [2.75, 3.05) is 18.5 Å². The van der Waals surface area contributed by atoms with Crippen molar-refractivity contribution in [1.82, 2.24) is 4.90 Å². The van der Waals surface area contributed by atoms with Crippen LogP contribution in [-0.4, -0.2) is 35.5 Å². The minimum Gasteiger partial charge on any atom is -0.483 e. The average molecular weight is 545 g/mol. The van der Waals surface area contributed by atoms with Gasteiger partial charge in [-0.05, 0) is 48.8 Å². The van der Waals surface area contributed by atoms with Gasteiger partial charge < -0.3 is 15.0 Å². The maximum absolute atomic E-state index is 14.0. The Bertz CT molecular complexity index is 1400. The van der Waals surface area contributed by atoms with Gasteiger partial charge >= 0.3 is 0 Å². The quantitative estimate of drug-likeness (QED) is 0.446. The fourth-order valence-electron chi connectivity index (χ4n) is 6.48. The molecule has 0 saturated heterocycles. The summed E-state index contributed by atoms with van der Waals surface area (Å²) in [5.41, 5.74) is 3.70. The Morgan fingerprint density at radius 3 is 2.02 bits per heavy atom. The lowest BCUT2D eigenvalue weighted by Gasteiger charge is -2.49. The molecular formula is C33H37FN2O4. The van der Waals surface area contributed by atoms with Crippen molar-refractivity contribution in [2.45, 2.75) is 66.2 Å². The lowest BCUT2D eigenvalue weighted by Crippen LogP contribution is -2.44. The van der Waals surface area contributed by atoms with E-state index in [1.54, 1.807) is 24.3 Å². The monoisotopic (exact) mass is 544 g/mol. The van der Waals surface area contributed by atoms with Crippen LogP contribution in [0.25, 0.3) is 0 Å². The first kappa shape index (κ1) is 27.8. The number of carbonyl (C=O) groups excluding carboxylic acids is 3. The second-order valence-corrected chi connectivity index (χ2v) is 12.6. The molecule has 210 valence electrons. The Kier molecular flexibility index (Phi) is 7.19. The van der Waals surface area contributed by atoms with E-state index >= 15 is 0 Å². The number of halogens is 1. The highest BCUT2D eigenvalue weighted by Gasteiger charge is 2.49. The highest BCUT2D eigenvalue weighted by Crippen LogP contribution is 2.55. The van der Waals surface area contributed by atoms with Gasteiger partial charge in [-0.2, -0.15) is 0 Å². The van der Waals surface area contributed by atoms with E-state index in [1.165, 1.54) is 12.1 Å². The molecule has 0 saturated carbocycles. The first-order valence-electron chi connectivity index (χ1n) is 14.0. The third kappa shape index (κ3) is 5.21. The van der Waals surface area contributed by atoms with E-state index in [0.717, 1.165) is 24.2 Å². The van der Waals surface area contributed by atoms with Gasteiger partial charge in [0.25, 0.3) is 5.91 Å². The second-order valence-electron chi connectivity index (χ2n) is 12.6. The Labute approximate surface area is 235 Å². The summed E-state index contributed by atoms with van der Waals surface area (Å²) in [6, 6.07) is 13.2. The topological polar surface area (TPSA) is 75.7 Å². The van der Waals surface area contributed by atoms with E-state index in [1.807, 2.05) is 12.1 Å². The SMILES string of the molecule is CCN1C2=C(C(=O)CC(C)(C)C2)C(c2ccccc2OCC(=O)Nc2ccccc2F)C2=C1CC(C)(C)CC2=O. The van der Waals surface area contributed by atoms with E-state index in [-0.39, 0.29) is 34.7 Å². The molecule has 2 aromatic rings. The van der Waals surface area contributed by atoms with Crippen LogP contribution in [0.2, 0.25) is 0 Å². The number of nitrogens with zero attached hydrogens (tertiary/aromatic N) is 1. The van der Waals surface area contributed by atoms with E-state index in [2.05, 4.69) is 44.8 Å². The van der Waals surface area contributed by atoms with Crippen LogP contribution in [0.15, 0.2) is 71.1 Å². The Morgan fingerprint density at radius 2 is 1.45 bits per heavy atom. The van der Waals surface area contributed by atoms with Gasteiger partial charge in [0.05, 0.1) is 5.69 Å². The van der Waals surface area contributed by atoms with E-state index in [4.69, 9.17) is 4.74 Å². The summed E-state index contributed by atoms with van der Waals surface area (Å²) in [6.07, 6.45) is 2.27. The minimum absolute atomic E-state index is 0.0472. The first-order valence-corrected chi connectivity index (χ1v) is 14.0. The van der Waals surface area contributed by atoms with Crippen molar-refractivity contribution >= 4 is 23.2 Å². The molecule has 1 heterocycles. The highest BCUT2D eigenvalue weighted by atomic mass is 19.1. The van der Waals surface area contributed by atoms with Crippen LogP contribution in [0, 0.1) is 16.6 Å². The summed E-state index contributed by atoms with van der Waals surface area (Å²) in [4.78, 5) is 42.6. The molecule has 5 rings (SSSR count). The normalized spacial score (nSPS) is 20.3. The molecule has 0 fully saturated rings. The summed E-state index contributed by atoms with van der Waals surface area (Å²) in [5.74, 6) is -1.08. The van der Waals surface area contributed by atoms with Crippen molar-refractivity contribution in [1.29, 1.82) is 0 Å². The molecule has 2 aliphatic carbocycles. The van der Waals surface area contributed by atoms with E-state index < -0.39 is 17.6 Å². The number of ether oxygens (including phenoxy) is 1. The Hall–Kier alpha value is -3.74. The van der Waals surface area contributed by atoms with Gasteiger partial charge in [-0.3, -0.25) is 14.4 Å². The maximum Gasteiger partial charge on any atom is 0.262 e. The van der Waals surface area contributed by atoms with Gasteiger partial charge in [0.1, 0.15) is 11.6 Å². The van der Waals surface area contributed by atoms with Crippen molar-refractivity contribution in [2.24, 2.45) is 10.8 Å². The molecular weight excluding hydrogens is 507 g/mol. The lowest BCUT2D eigenvalue weighted by molar-refractivity contribution is -0.120. The van der Waals surface area contributed by atoms with Crippen LogP contribution in [0.1, 0.15) is 71.8 Å². The van der Waals surface area contributed by atoms with Gasteiger partial charge in [0.2, 0.25) is 0 Å². The average Bonchev–Trinajstić information content (AvgIpc) is 2.86. The predicted molar refractivity (Wildman–Crippen MR) is 152 cm³/mol. The van der Waals surface area contributed by atoms with Gasteiger partial charge in [-0.25, -0.2) is 4.39 Å². The fourth-order valence-corrected chi connectivity index (χ4v) is 6.48. The number of hydrogen-bond donors (Lipinski definition) is 1. The van der Waals surface area contributed by atoms with Crippen molar-refractivity contribution in [3.05, 3.63) is 82.5 Å². The molecule has 1 N–H and O–H groups in total. The number of hydrogen-bond acceptors (Lipinski definition) is 5. The molecule has 40 heavy (non-hydrogen) atoms. The van der Waals surface area contributed by atoms with Crippen LogP contribution in [0.3, 0.4) is 0 Å². The fraction of sp³-hybridized carbons (Fsp3) is 0.424. The van der Waals surface area contributed by atoms with Crippen molar-refractivity contribution in [3.8, 4) is 5.75 Å². The number of ketones is 2. The highest BCUT2D eigenvalue weighted by molar-refractivity contribution is 6.07. The molecule has 0 radical (unpaired) electrons. The summed E-state index contributed by atoms with van der Waals surface area (Å²) in [5, 5.41) is 2.54. The zero-order valence-electron chi connectivity index (χ0n) is 23.9. The third-order valence-corrected chi connectivity index (χ3v) is 8.07. The zero-order valence-corrected chi connectivity index (χ0v) is 23.9. The number of anilines is 1. The summed E-state index contributed by atoms with van der Waals surface area (Å²) >= 11 is 0. The number of rotatable bonds is 6. The number of amides is 1. The number of nitrogens with one attached hydrogen (secondary N) is 1. The van der Waals surface area contributed by atoms with Crippen molar-refractivity contribution < 1.29 is 23.5 Å². The number of allylic oxidation sites excluding steroid dienone is 4. The summed E-state index contributed by atoms with van der Waals surface area (Å²) in [7, 11) is 0. The first-order chi connectivity index (χ1) is 18.9. The maximum atomic E-state index is 14.0. The van der Waals surface area contributed by atoms with Crippen LogP contribution in [0.5, 0.6) is 5.75 Å². The van der Waals surface area contributed by atoms with Gasteiger partial charge in [0.15, 0.2) is 18.2 Å². The zero-order chi connectivity index (χ0) is 28.8. The number of benzene rings is 2. The van der Waals surface area contributed by atoms with Gasteiger partial charge in [0, 0.05) is 53.4 Å². The van der Waals surface area contributed by atoms with Crippen LogP contribution >= 0.6 is 0 Å². The standard InChI is InChI=1S/C33H37FN2O4/c1-6-36-23-15-32(2,3)17-25(37)30(23)29(31-24(36)16-33(4,5)18-26(31)38)20-11-7-10-14-27(20)40-19-28(39)35-22-13-9-8-12-21(22)34/h7-14,29H,6,15-19H2,1-5H3,(H,35,39). The molecule has 6 nitrogen and oxygen atoms in total. The molecule has 0 spiro atoms. The second kappa shape index (κ2) is 10.3. The van der Waals surface area contributed by atoms with Crippen LogP contribution in [-0.2, 0) is 14.4 Å². The van der Waals surface area contributed by atoms with Crippen molar-refractivity contribution in [3.63, 3.8) is 0 Å². The lowest BCUT2D eigenvalue weighted by atomic mass is 9.63. The van der Waals surface area contributed by atoms with E-state index in [0.29, 0.717) is 41.8 Å². The molecule has 0 aromatic heterocycles.